The molecule has 2 N–H and O–H groups in total. The lowest BCUT2D eigenvalue weighted by Gasteiger charge is -2.14. The van der Waals surface area contributed by atoms with Gasteiger partial charge in [0.2, 0.25) is 5.95 Å². The highest BCUT2D eigenvalue weighted by molar-refractivity contribution is 6.03. The first-order chi connectivity index (χ1) is 10.1. The lowest BCUT2D eigenvalue weighted by atomic mass is 10.0. The molecule has 1 aliphatic rings. The summed E-state index contributed by atoms with van der Waals surface area (Å²) in [7, 11) is 0. The topological polar surface area (TPSA) is 59.0 Å². The van der Waals surface area contributed by atoms with Gasteiger partial charge >= 0.3 is 0 Å². The second-order valence-corrected chi connectivity index (χ2v) is 5.66. The van der Waals surface area contributed by atoms with Crippen molar-refractivity contribution in [1.82, 2.24) is 9.55 Å². The number of anilines is 2. The van der Waals surface area contributed by atoms with E-state index in [1.165, 1.54) is 5.56 Å². The molecule has 2 aromatic rings. The lowest BCUT2D eigenvalue weighted by Crippen LogP contribution is -2.16. The third kappa shape index (κ3) is 2.91. The molecule has 0 unspecified atom stereocenters. The molecule has 0 saturated heterocycles. The molecule has 1 amide bonds. The van der Waals surface area contributed by atoms with E-state index in [9.17, 15) is 4.79 Å². The Bertz CT molecular complexity index is 637. The Balaban J connectivity index is 1.77. The molecule has 5 nitrogen and oxygen atoms in total. The van der Waals surface area contributed by atoms with Crippen LogP contribution in [0.15, 0.2) is 30.5 Å². The number of amides is 1. The molecule has 1 aromatic carbocycles. The van der Waals surface area contributed by atoms with Gasteiger partial charge in [0.1, 0.15) is 5.69 Å². The number of benzene rings is 1. The lowest BCUT2D eigenvalue weighted by molar-refractivity contribution is 0.102. The van der Waals surface area contributed by atoms with Crippen LogP contribution >= 0.6 is 0 Å². The van der Waals surface area contributed by atoms with E-state index >= 15 is 0 Å². The van der Waals surface area contributed by atoms with Crippen LogP contribution in [0.1, 0.15) is 42.2 Å². The number of nitrogens with one attached hydrogen (secondary N) is 2. The van der Waals surface area contributed by atoms with Gasteiger partial charge < -0.3 is 15.2 Å². The van der Waals surface area contributed by atoms with Crippen molar-refractivity contribution in [2.24, 2.45) is 0 Å². The maximum absolute atomic E-state index is 12.3. The van der Waals surface area contributed by atoms with Gasteiger partial charge in [-0.25, -0.2) is 4.98 Å². The summed E-state index contributed by atoms with van der Waals surface area (Å²) >= 11 is 0. The number of hydrogen-bond donors (Lipinski definition) is 2. The van der Waals surface area contributed by atoms with Crippen LogP contribution in [0.3, 0.4) is 0 Å². The van der Waals surface area contributed by atoms with E-state index in [1.54, 1.807) is 0 Å². The third-order valence-corrected chi connectivity index (χ3v) is 3.68. The van der Waals surface area contributed by atoms with E-state index in [1.807, 2.05) is 29.0 Å². The quantitative estimate of drug-likeness (QED) is 0.910. The molecule has 3 rings (SSSR count). The molecule has 0 fully saturated rings. The standard InChI is InChI=1S/C16H20N4O/c1-11(2)12-5-3-6-13(9-12)18-15(21)14-10-20-8-4-7-17-16(20)19-14/h3,5-6,9-11H,4,7-8H2,1-2H3,(H,17,19)(H,18,21). The number of hydrogen-bond acceptors (Lipinski definition) is 3. The predicted molar refractivity (Wildman–Crippen MR) is 83.8 cm³/mol. The molecule has 0 bridgehead atoms. The Labute approximate surface area is 124 Å². The van der Waals surface area contributed by atoms with E-state index in [2.05, 4.69) is 35.5 Å². The van der Waals surface area contributed by atoms with Gasteiger partial charge in [0.05, 0.1) is 0 Å². The Hall–Kier alpha value is -2.30. The average Bonchev–Trinajstić information content (AvgIpc) is 2.91. The SMILES string of the molecule is CC(C)c1cccc(NC(=O)c2cn3c(n2)NCCC3)c1. The highest BCUT2D eigenvalue weighted by Crippen LogP contribution is 2.20. The molecule has 0 spiro atoms. The van der Waals surface area contributed by atoms with Crippen LogP contribution in [0.5, 0.6) is 0 Å². The molecule has 5 heteroatoms. The van der Waals surface area contributed by atoms with Crippen molar-refractivity contribution in [3.8, 4) is 0 Å². The van der Waals surface area contributed by atoms with Gasteiger partial charge in [-0.05, 0) is 30.0 Å². The molecule has 21 heavy (non-hydrogen) atoms. The van der Waals surface area contributed by atoms with E-state index in [0.717, 1.165) is 31.1 Å². The van der Waals surface area contributed by atoms with Crippen molar-refractivity contribution in [3.63, 3.8) is 0 Å². The fourth-order valence-electron chi connectivity index (χ4n) is 2.46. The third-order valence-electron chi connectivity index (χ3n) is 3.68. The number of carbonyl (C=O) groups is 1. The van der Waals surface area contributed by atoms with Crippen molar-refractivity contribution in [2.75, 3.05) is 17.2 Å². The number of nitrogens with zero attached hydrogens (tertiary/aromatic N) is 2. The van der Waals surface area contributed by atoms with Crippen LogP contribution in [-0.4, -0.2) is 22.0 Å². The summed E-state index contributed by atoms with van der Waals surface area (Å²) in [6.07, 6.45) is 2.87. The first kappa shape index (κ1) is 13.7. The van der Waals surface area contributed by atoms with E-state index in [0.29, 0.717) is 11.6 Å². The van der Waals surface area contributed by atoms with Crippen LogP contribution in [0.2, 0.25) is 0 Å². The van der Waals surface area contributed by atoms with Crippen LogP contribution in [0.4, 0.5) is 11.6 Å². The van der Waals surface area contributed by atoms with Crippen LogP contribution in [0, 0.1) is 0 Å². The maximum atomic E-state index is 12.3. The van der Waals surface area contributed by atoms with Crippen LogP contribution in [-0.2, 0) is 6.54 Å². The monoisotopic (exact) mass is 284 g/mol. The Morgan fingerprint density at radius 1 is 1.43 bits per heavy atom. The molecule has 0 aliphatic carbocycles. The highest BCUT2D eigenvalue weighted by atomic mass is 16.1. The summed E-state index contributed by atoms with van der Waals surface area (Å²) in [5.74, 6) is 1.05. The van der Waals surface area contributed by atoms with Crippen molar-refractivity contribution in [3.05, 3.63) is 41.7 Å². The molecule has 2 heterocycles. The van der Waals surface area contributed by atoms with Crippen LogP contribution < -0.4 is 10.6 Å². The summed E-state index contributed by atoms with van der Waals surface area (Å²) < 4.78 is 1.99. The molecule has 0 atom stereocenters. The fraction of sp³-hybridized carbons (Fsp3) is 0.375. The number of fused-ring (bicyclic) bond motifs is 1. The van der Waals surface area contributed by atoms with Gasteiger partial charge in [-0.2, -0.15) is 0 Å². The van der Waals surface area contributed by atoms with Gasteiger partial charge in [0, 0.05) is 25.0 Å². The number of rotatable bonds is 3. The van der Waals surface area contributed by atoms with Gasteiger partial charge in [-0.15, -0.1) is 0 Å². The number of aryl methyl sites for hydroxylation is 1. The Morgan fingerprint density at radius 2 is 2.29 bits per heavy atom. The average molecular weight is 284 g/mol. The smallest absolute Gasteiger partial charge is 0.275 e. The maximum Gasteiger partial charge on any atom is 0.275 e. The second-order valence-electron chi connectivity index (χ2n) is 5.66. The molecule has 0 radical (unpaired) electrons. The van der Waals surface area contributed by atoms with Crippen molar-refractivity contribution < 1.29 is 4.79 Å². The summed E-state index contributed by atoms with van der Waals surface area (Å²) in [5.41, 5.74) is 2.47. The number of imidazole rings is 1. The van der Waals surface area contributed by atoms with Gasteiger partial charge in [0.25, 0.3) is 5.91 Å². The number of aromatic nitrogens is 2. The van der Waals surface area contributed by atoms with Gasteiger partial charge in [-0.1, -0.05) is 26.0 Å². The van der Waals surface area contributed by atoms with Crippen molar-refractivity contribution in [2.45, 2.75) is 32.7 Å². The van der Waals surface area contributed by atoms with Gasteiger partial charge in [-0.3, -0.25) is 4.79 Å². The highest BCUT2D eigenvalue weighted by Gasteiger charge is 2.16. The van der Waals surface area contributed by atoms with Crippen LogP contribution in [0.25, 0.3) is 0 Å². The normalized spacial score (nSPS) is 13.7. The summed E-state index contributed by atoms with van der Waals surface area (Å²) in [4.78, 5) is 16.6. The Morgan fingerprint density at radius 3 is 3.05 bits per heavy atom. The summed E-state index contributed by atoms with van der Waals surface area (Å²) in [5, 5.41) is 6.12. The van der Waals surface area contributed by atoms with Crippen molar-refractivity contribution >= 4 is 17.5 Å². The minimum atomic E-state index is -0.167. The second kappa shape index (κ2) is 5.60. The summed E-state index contributed by atoms with van der Waals surface area (Å²) in [6.45, 7) is 6.09. The number of carbonyl (C=O) groups excluding carboxylic acids is 1. The fourth-order valence-corrected chi connectivity index (χ4v) is 2.46. The molecular weight excluding hydrogens is 264 g/mol. The van der Waals surface area contributed by atoms with Gasteiger partial charge in [0.15, 0.2) is 0 Å². The zero-order valence-electron chi connectivity index (χ0n) is 12.4. The minimum absolute atomic E-state index is 0.167. The molecule has 110 valence electrons. The molecule has 0 saturated carbocycles. The van der Waals surface area contributed by atoms with E-state index in [-0.39, 0.29) is 5.91 Å². The summed E-state index contributed by atoms with van der Waals surface area (Å²) in [6, 6.07) is 7.94. The van der Waals surface area contributed by atoms with E-state index < -0.39 is 0 Å². The Kier molecular flexibility index (Phi) is 3.64. The zero-order chi connectivity index (χ0) is 14.8. The molecule has 1 aromatic heterocycles. The molecular formula is C16H20N4O. The predicted octanol–water partition coefficient (Wildman–Crippen LogP) is 3.07. The first-order valence-corrected chi connectivity index (χ1v) is 7.36. The first-order valence-electron chi connectivity index (χ1n) is 7.36. The zero-order valence-corrected chi connectivity index (χ0v) is 12.4. The minimum Gasteiger partial charge on any atom is -0.356 e. The molecule has 1 aliphatic heterocycles. The van der Waals surface area contributed by atoms with Crippen molar-refractivity contribution in [1.29, 1.82) is 0 Å². The largest absolute Gasteiger partial charge is 0.356 e. The van der Waals surface area contributed by atoms with E-state index in [4.69, 9.17) is 0 Å².